The Kier molecular flexibility index (Phi) is 3.33. The van der Waals surface area contributed by atoms with Crippen LogP contribution in [0.15, 0.2) is 18.3 Å². The molecule has 0 spiro atoms. The fourth-order valence-electron chi connectivity index (χ4n) is 1.29. The summed E-state index contributed by atoms with van der Waals surface area (Å²) in [5.74, 6) is -0.519. The van der Waals surface area contributed by atoms with E-state index in [0.717, 1.165) is 6.20 Å². The summed E-state index contributed by atoms with van der Waals surface area (Å²) >= 11 is 0. The third-order valence-electron chi connectivity index (χ3n) is 2.19. The minimum Gasteiger partial charge on any atom is -0.299 e. The van der Waals surface area contributed by atoms with Crippen LogP contribution in [0, 0.1) is 11.7 Å². The number of hydrogen-bond acceptors (Lipinski definition) is 2. The molecule has 0 aliphatic carbocycles. The lowest BCUT2D eigenvalue weighted by Crippen LogP contribution is -2.16. The Morgan fingerprint density at radius 1 is 1.36 bits per heavy atom. The van der Waals surface area contributed by atoms with Crippen molar-refractivity contribution in [1.29, 1.82) is 0 Å². The average molecular weight is 195 g/mol. The molecule has 3 heteroatoms. The molecule has 0 amide bonds. The van der Waals surface area contributed by atoms with E-state index in [-0.39, 0.29) is 23.4 Å². The predicted octanol–water partition coefficient (Wildman–Crippen LogP) is 2.55. The van der Waals surface area contributed by atoms with Crippen LogP contribution in [0.25, 0.3) is 0 Å². The highest BCUT2D eigenvalue weighted by atomic mass is 19.1. The molecule has 14 heavy (non-hydrogen) atoms. The predicted molar refractivity (Wildman–Crippen MR) is 52.5 cm³/mol. The fourth-order valence-corrected chi connectivity index (χ4v) is 1.29. The number of halogens is 1. The zero-order valence-corrected chi connectivity index (χ0v) is 8.62. The van der Waals surface area contributed by atoms with Crippen molar-refractivity contribution in [3.05, 3.63) is 29.8 Å². The van der Waals surface area contributed by atoms with E-state index in [2.05, 4.69) is 4.98 Å². The molecule has 0 N–H and O–H groups in total. The van der Waals surface area contributed by atoms with Crippen molar-refractivity contribution in [2.45, 2.75) is 26.7 Å². The summed E-state index contributed by atoms with van der Waals surface area (Å²) < 4.78 is 12.6. The summed E-state index contributed by atoms with van der Waals surface area (Å²) in [5.41, 5.74) is 0.630. The van der Waals surface area contributed by atoms with Crippen molar-refractivity contribution in [3.8, 4) is 0 Å². The van der Waals surface area contributed by atoms with Crippen molar-refractivity contribution in [1.82, 2.24) is 4.98 Å². The second-order valence-electron chi connectivity index (χ2n) is 3.68. The molecule has 76 valence electrons. The molecule has 1 atom stereocenters. The minimum atomic E-state index is -0.377. The van der Waals surface area contributed by atoms with Crippen LogP contribution < -0.4 is 0 Å². The van der Waals surface area contributed by atoms with Gasteiger partial charge in [-0.2, -0.15) is 0 Å². The van der Waals surface area contributed by atoms with E-state index < -0.39 is 0 Å². The highest BCUT2D eigenvalue weighted by Crippen LogP contribution is 2.17. The number of carbonyl (C=O) groups is 1. The Balaban J connectivity index is 2.84. The smallest absolute Gasteiger partial charge is 0.144 e. The number of rotatable bonds is 3. The number of ketones is 1. The molecular formula is C11H14FNO. The first-order valence-electron chi connectivity index (χ1n) is 4.67. The van der Waals surface area contributed by atoms with Crippen molar-refractivity contribution < 1.29 is 9.18 Å². The molecule has 1 aromatic heterocycles. The quantitative estimate of drug-likeness (QED) is 0.741. The second kappa shape index (κ2) is 4.31. The van der Waals surface area contributed by atoms with Crippen LogP contribution in [-0.2, 0) is 4.79 Å². The molecule has 1 unspecified atom stereocenters. The standard InChI is InChI=1S/C11H14FNO/c1-7(2)11(14)8(3)10-5-4-9(12)6-13-10/h4-8H,1-3H3. The molecule has 0 aliphatic rings. The average Bonchev–Trinajstić information content (AvgIpc) is 2.16. The summed E-state index contributed by atoms with van der Waals surface area (Å²) in [6.45, 7) is 5.49. The van der Waals surface area contributed by atoms with Crippen LogP contribution in [-0.4, -0.2) is 10.8 Å². The van der Waals surface area contributed by atoms with Gasteiger partial charge in [-0.3, -0.25) is 9.78 Å². The molecule has 0 saturated heterocycles. The van der Waals surface area contributed by atoms with Crippen LogP contribution in [0.3, 0.4) is 0 Å². The van der Waals surface area contributed by atoms with Gasteiger partial charge in [0, 0.05) is 5.92 Å². The van der Waals surface area contributed by atoms with Gasteiger partial charge in [-0.05, 0) is 19.1 Å². The van der Waals surface area contributed by atoms with E-state index in [1.807, 2.05) is 13.8 Å². The van der Waals surface area contributed by atoms with Crippen LogP contribution in [0.5, 0.6) is 0 Å². The molecule has 0 fully saturated rings. The van der Waals surface area contributed by atoms with E-state index >= 15 is 0 Å². The maximum absolute atomic E-state index is 12.6. The third kappa shape index (κ3) is 2.37. The molecule has 0 radical (unpaired) electrons. The van der Waals surface area contributed by atoms with E-state index in [1.165, 1.54) is 6.07 Å². The number of hydrogen-bond donors (Lipinski definition) is 0. The monoisotopic (exact) mass is 195 g/mol. The van der Waals surface area contributed by atoms with Crippen LogP contribution in [0.1, 0.15) is 32.4 Å². The highest BCUT2D eigenvalue weighted by Gasteiger charge is 2.19. The molecule has 0 aromatic carbocycles. The van der Waals surface area contributed by atoms with Crippen molar-refractivity contribution >= 4 is 5.78 Å². The Morgan fingerprint density at radius 2 is 2.00 bits per heavy atom. The summed E-state index contributed by atoms with van der Waals surface area (Å²) in [4.78, 5) is 15.5. The highest BCUT2D eigenvalue weighted by molar-refractivity contribution is 5.86. The van der Waals surface area contributed by atoms with Gasteiger partial charge in [-0.15, -0.1) is 0 Å². The number of pyridine rings is 1. The Bertz CT molecular complexity index is 319. The van der Waals surface area contributed by atoms with E-state index in [4.69, 9.17) is 0 Å². The minimum absolute atomic E-state index is 0.0168. The Labute approximate surface area is 83.2 Å². The lowest BCUT2D eigenvalue weighted by molar-refractivity contribution is -0.123. The lowest BCUT2D eigenvalue weighted by atomic mass is 9.94. The number of nitrogens with zero attached hydrogens (tertiary/aromatic N) is 1. The normalized spacial score (nSPS) is 12.9. The topological polar surface area (TPSA) is 30.0 Å². The van der Waals surface area contributed by atoms with Crippen LogP contribution in [0.2, 0.25) is 0 Å². The molecule has 0 saturated carbocycles. The second-order valence-corrected chi connectivity index (χ2v) is 3.68. The zero-order chi connectivity index (χ0) is 10.7. The zero-order valence-electron chi connectivity index (χ0n) is 8.62. The Morgan fingerprint density at radius 3 is 2.43 bits per heavy atom. The molecule has 0 bridgehead atoms. The van der Waals surface area contributed by atoms with Gasteiger partial charge < -0.3 is 0 Å². The first-order chi connectivity index (χ1) is 6.52. The maximum Gasteiger partial charge on any atom is 0.144 e. The van der Waals surface area contributed by atoms with E-state index in [0.29, 0.717) is 5.69 Å². The molecule has 2 nitrogen and oxygen atoms in total. The number of aromatic nitrogens is 1. The van der Waals surface area contributed by atoms with Crippen molar-refractivity contribution in [2.24, 2.45) is 5.92 Å². The van der Waals surface area contributed by atoms with Gasteiger partial charge in [-0.1, -0.05) is 13.8 Å². The molecule has 1 aromatic rings. The summed E-state index contributed by atoms with van der Waals surface area (Å²) in [6, 6.07) is 2.88. The third-order valence-corrected chi connectivity index (χ3v) is 2.19. The van der Waals surface area contributed by atoms with Crippen molar-refractivity contribution in [3.63, 3.8) is 0 Å². The lowest BCUT2D eigenvalue weighted by Gasteiger charge is -2.11. The van der Waals surface area contributed by atoms with Crippen LogP contribution >= 0.6 is 0 Å². The molecule has 1 heterocycles. The fraction of sp³-hybridized carbons (Fsp3) is 0.455. The van der Waals surface area contributed by atoms with Gasteiger partial charge in [0.1, 0.15) is 11.6 Å². The first kappa shape index (κ1) is 10.8. The molecule has 1 rings (SSSR count). The van der Waals surface area contributed by atoms with E-state index in [9.17, 15) is 9.18 Å². The maximum atomic E-state index is 12.6. The summed E-state index contributed by atoms with van der Waals surface area (Å²) in [6.07, 6.45) is 1.14. The number of carbonyl (C=O) groups excluding carboxylic acids is 1. The summed E-state index contributed by atoms with van der Waals surface area (Å²) in [7, 11) is 0. The SMILES string of the molecule is CC(C)C(=O)C(C)c1ccc(F)cn1. The van der Waals surface area contributed by atoms with Crippen LogP contribution in [0.4, 0.5) is 4.39 Å². The van der Waals surface area contributed by atoms with Gasteiger partial charge in [0.15, 0.2) is 0 Å². The van der Waals surface area contributed by atoms with Crippen molar-refractivity contribution in [2.75, 3.05) is 0 Å². The molecular weight excluding hydrogens is 181 g/mol. The van der Waals surface area contributed by atoms with Gasteiger partial charge in [-0.25, -0.2) is 4.39 Å². The van der Waals surface area contributed by atoms with Gasteiger partial charge in [0.25, 0.3) is 0 Å². The summed E-state index contributed by atoms with van der Waals surface area (Å²) in [5, 5.41) is 0. The van der Waals surface area contributed by atoms with Gasteiger partial charge >= 0.3 is 0 Å². The Hall–Kier alpha value is -1.25. The molecule has 0 aliphatic heterocycles. The number of Topliss-reactive ketones (excluding diaryl/α,β-unsaturated/α-hetero) is 1. The van der Waals surface area contributed by atoms with E-state index in [1.54, 1.807) is 13.0 Å². The van der Waals surface area contributed by atoms with Gasteiger partial charge in [0.2, 0.25) is 0 Å². The largest absolute Gasteiger partial charge is 0.299 e. The van der Waals surface area contributed by atoms with Gasteiger partial charge in [0.05, 0.1) is 17.8 Å². The first-order valence-corrected chi connectivity index (χ1v) is 4.67.